The summed E-state index contributed by atoms with van der Waals surface area (Å²) < 4.78 is 24.5. The van der Waals surface area contributed by atoms with Gasteiger partial charge in [-0.25, -0.2) is 0 Å². The SMILES string of the molecule is CC[C@H](C)[C@@H]([C@@H](CC(=O)N1CCC[C@H]1[C@H](OC)[C@@H](C)C(=O)C[C@@H](Cc1ccccc1)[P+](=O)O)OC)N(C)C(=O)[C@@H](CC(=O)[C@@H]1[C@H]2CC[C@H](C2)N1C(=O)CCCCCNC(=O)C(C)CC(=O)O)C(C)C. The normalized spacial score (nSPS) is 22.6. The Morgan fingerprint density at radius 1 is 0.884 bits per heavy atom. The molecule has 4 rings (SSSR count). The van der Waals surface area contributed by atoms with Crippen molar-refractivity contribution in [3.05, 3.63) is 35.9 Å². The predicted octanol–water partition coefficient (Wildman–Crippen LogP) is 6.61. The molecule has 2 bridgehead atoms. The number of nitrogens with zero attached hydrogens (tertiary/aromatic N) is 3. The van der Waals surface area contributed by atoms with Crippen LogP contribution in [0.5, 0.6) is 0 Å². The molecule has 16 nitrogen and oxygen atoms in total. The van der Waals surface area contributed by atoms with Gasteiger partial charge in [0, 0.05) is 77.4 Å². The highest BCUT2D eigenvalue weighted by Gasteiger charge is 2.52. The summed E-state index contributed by atoms with van der Waals surface area (Å²) in [5, 5.41) is 11.7. The van der Waals surface area contributed by atoms with Gasteiger partial charge in [0.2, 0.25) is 23.6 Å². The first-order valence-electron chi connectivity index (χ1n) is 25.4. The molecule has 17 heteroatoms. The third-order valence-corrected chi connectivity index (χ3v) is 16.4. The van der Waals surface area contributed by atoms with E-state index < -0.39 is 67.7 Å². The molecule has 0 radical (unpaired) electrons. The van der Waals surface area contributed by atoms with E-state index in [2.05, 4.69) is 5.32 Å². The van der Waals surface area contributed by atoms with E-state index in [1.54, 1.807) is 35.6 Å². The van der Waals surface area contributed by atoms with Crippen LogP contribution in [0.25, 0.3) is 0 Å². The van der Waals surface area contributed by atoms with E-state index in [0.717, 1.165) is 24.8 Å². The van der Waals surface area contributed by atoms with Gasteiger partial charge in [0.05, 0.1) is 49.6 Å². The number of unbranched alkanes of at least 4 members (excludes halogenated alkanes) is 2. The van der Waals surface area contributed by atoms with E-state index in [9.17, 15) is 43.0 Å². The first kappa shape index (κ1) is 57.5. The number of amides is 4. The third-order valence-electron chi connectivity index (χ3n) is 15.5. The lowest BCUT2D eigenvalue weighted by molar-refractivity contribution is -0.150. The number of fused-ring (bicyclic) bond motifs is 2. The smallest absolute Gasteiger partial charge is 0.481 e. The van der Waals surface area contributed by atoms with E-state index in [1.807, 2.05) is 58.0 Å². The first-order valence-corrected chi connectivity index (χ1v) is 26.7. The van der Waals surface area contributed by atoms with Gasteiger partial charge in [0.25, 0.3) is 0 Å². The van der Waals surface area contributed by atoms with Crippen LogP contribution in [-0.4, -0.2) is 142 Å². The second-order valence-electron chi connectivity index (χ2n) is 20.5. The van der Waals surface area contributed by atoms with Crippen molar-refractivity contribution in [2.24, 2.45) is 35.5 Å². The van der Waals surface area contributed by atoms with Crippen molar-refractivity contribution in [1.82, 2.24) is 20.0 Å². The van der Waals surface area contributed by atoms with Crippen LogP contribution in [0.4, 0.5) is 0 Å². The molecular weight excluding hydrogens is 904 g/mol. The Bertz CT molecular complexity index is 1920. The zero-order valence-corrected chi connectivity index (χ0v) is 43.6. The summed E-state index contributed by atoms with van der Waals surface area (Å²) in [5.41, 5.74) is 0.110. The number of nitrogens with one attached hydrogen (secondary N) is 1. The molecule has 1 aromatic rings. The minimum Gasteiger partial charge on any atom is -0.481 e. The fraction of sp³-hybridized carbons (Fsp3) is 0.750. The number of aliphatic carboxylic acids is 1. The number of carbonyl (C=O) groups is 7. The summed E-state index contributed by atoms with van der Waals surface area (Å²) in [4.78, 5) is 110. The number of likely N-dealkylation sites (N-methyl/N-ethyl adjacent to an activating group) is 1. The van der Waals surface area contributed by atoms with Gasteiger partial charge in [-0.2, -0.15) is 4.89 Å². The summed E-state index contributed by atoms with van der Waals surface area (Å²) in [5.74, 6) is -4.33. The van der Waals surface area contributed by atoms with E-state index in [1.165, 1.54) is 14.2 Å². The van der Waals surface area contributed by atoms with Crippen molar-refractivity contribution in [2.45, 2.75) is 180 Å². The van der Waals surface area contributed by atoms with Gasteiger partial charge in [-0.15, -0.1) is 0 Å². The number of hydrogen-bond donors (Lipinski definition) is 3. The van der Waals surface area contributed by atoms with Gasteiger partial charge < -0.3 is 34.6 Å². The van der Waals surface area contributed by atoms with E-state index in [-0.39, 0.29) is 97.5 Å². The Balaban J connectivity index is 1.40. The highest BCUT2D eigenvalue weighted by atomic mass is 31.1. The zero-order chi connectivity index (χ0) is 51.1. The Hall–Kier alpha value is -4.11. The largest absolute Gasteiger partial charge is 0.509 e. The number of rotatable bonds is 30. The summed E-state index contributed by atoms with van der Waals surface area (Å²) >= 11 is 0. The Kier molecular flexibility index (Phi) is 22.9. The lowest BCUT2D eigenvalue weighted by Crippen LogP contribution is -2.54. The van der Waals surface area contributed by atoms with Crippen LogP contribution in [0.15, 0.2) is 30.3 Å². The highest BCUT2D eigenvalue weighted by Crippen LogP contribution is 2.44. The molecule has 3 fully saturated rings. The van der Waals surface area contributed by atoms with E-state index in [0.29, 0.717) is 51.6 Å². The maximum Gasteiger partial charge on any atom is 0.509 e. The van der Waals surface area contributed by atoms with E-state index in [4.69, 9.17) is 14.6 Å². The zero-order valence-electron chi connectivity index (χ0n) is 42.7. The van der Waals surface area contributed by atoms with Crippen LogP contribution in [0, 0.1) is 35.5 Å². The van der Waals surface area contributed by atoms with Gasteiger partial charge in [0.15, 0.2) is 11.4 Å². The van der Waals surface area contributed by atoms with Gasteiger partial charge >= 0.3 is 14.0 Å². The maximum atomic E-state index is 14.7. The molecule has 69 heavy (non-hydrogen) atoms. The summed E-state index contributed by atoms with van der Waals surface area (Å²) in [6.45, 7) is 12.1. The number of Topliss-reactive ketones (excluding diaryl/α,β-unsaturated/α-hetero) is 2. The number of ketones is 2. The minimum atomic E-state index is -2.63. The highest BCUT2D eigenvalue weighted by molar-refractivity contribution is 7.39. The monoisotopic (exact) mass is 986 g/mol. The molecule has 2 saturated heterocycles. The summed E-state index contributed by atoms with van der Waals surface area (Å²) in [7, 11) is 2.16. The number of carboxylic acid groups (broad SMARTS) is 1. The number of carboxylic acids is 1. The predicted molar refractivity (Wildman–Crippen MR) is 262 cm³/mol. The standard InChI is InChI=1S/C52H81N4O12P/c1-10-33(4)48(44(67-8)31-46(60)55-25-17-20-41(55)50(68-9)35(6)42(57)29-39(69(65)66)27-36-18-13-11-14-19-36)54(7)52(64)40(32(2)3)30-43(58)49-37-22-23-38(28-37)56(49)45(59)21-15-12-16-24-53-51(63)34(5)26-47(61)62/h11,13-14,18-19,32-35,37-41,44,48-50H,10,12,15-17,20-31H2,1-9H3,(H2-,53,61,62,63,65,66)/p+1/t33-,34?,35-,37-,38+,39+,40-,41-,44+,48-,49-,50+/m0/s1. The lowest BCUT2D eigenvalue weighted by Gasteiger charge is -2.41. The molecule has 0 aromatic heterocycles. The average Bonchev–Trinajstić information content (AvgIpc) is 4.09. The molecule has 4 amide bonds. The number of carbonyl (C=O) groups excluding carboxylic acids is 6. The van der Waals surface area contributed by atoms with Crippen LogP contribution < -0.4 is 5.32 Å². The van der Waals surface area contributed by atoms with Gasteiger partial charge in [-0.3, -0.25) is 33.6 Å². The van der Waals surface area contributed by atoms with Gasteiger partial charge in [0.1, 0.15) is 5.78 Å². The molecule has 3 N–H and O–H groups in total. The first-order chi connectivity index (χ1) is 32.7. The van der Waals surface area contributed by atoms with Crippen molar-refractivity contribution in [3.8, 4) is 0 Å². The second-order valence-corrected chi connectivity index (χ2v) is 21.8. The molecule has 13 atom stereocenters. The van der Waals surface area contributed by atoms with Crippen molar-refractivity contribution < 1.29 is 57.6 Å². The third kappa shape index (κ3) is 15.4. The van der Waals surface area contributed by atoms with Gasteiger partial charge in [-0.05, 0) is 72.8 Å². The molecule has 1 saturated carbocycles. The molecule has 0 spiro atoms. The molecule has 2 heterocycles. The average molecular weight is 986 g/mol. The van der Waals surface area contributed by atoms with Crippen LogP contribution >= 0.6 is 8.03 Å². The lowest BCUT2D eigenvalue weighted by atomic mass is 9.83. The molecule has 2 aliphatic heterocycles. The summed E-state index contributed by atoms with van der Waals surface area (Å²) in [6, 6.07) is 7.78. The number of methoxy groups -OCH3 is 2. The van der Waals surface area contributed by atoms with Crippen molar-refractivity contribution in [3.63, 3.8) is 0 Å². The number of likely N-dealkylation sites (tertiary alicyclic amines) is 2. The second kappa shape index (κ2) is 27.5. The Morgan fingerprint density at radius 3 is 2.19 bits per heavy atom. The fourth-order valence-electron chi connectivity index (χ4n) is 11.3. The Labute approximate surface area is 411 Å². The molecule has 2 unspecified atom stereocenters. The van der Waals surface area contributed by atoms with Gasteiger partial charge in [-0.1, -0.05) is 84.7 Å². The van der Waals surface area contributed by atoms with Crippen LogP contribution in [-0.2, 0) is 54.0 Å². The number of benzene rings is 1. The fourth-order valence-corrected chi connectivity index (χ4v) is 12.0. The summed E-state index contributed by atoms with van der Waals surface area (Å²) in [6.07, 6.45) is 5.20. The topological polar surface area (TPSA) is 217 Å². The molecule has 3 aliphatic rings. The van der Waals surface area contributed by atoms with Crippen LogP contribution in [0.3, 0.4) is 0 Å². The molecule has 386 valence electrons. The van der Waals surface area contributed by atoms with Crippen molar-refractivity contribution in [2.75, 3.05) is 34.4 Å². The Morgan fingerprint density at radius 2 is 1.58 bits per heavy atom. The van der Waals surface area contributed by atoms with E-state index >= 15 is 0 Å². The van der Waals surface area contributed by atoms with Crippen molar-refractivity contribution in [1.29, 1.82) is 0 Å². The quantitative estimate of drug-likeness (QED) is 0.0548. The number of piperidine rings is 1. The minimum absolute atomic E-state index is 0.00832. The van der Waals surface area contributed by atoms with Crippen LogP contribution in [0.1, 0.15) is 137 Å². The number of ether oxygens (including phenoxy) is 2. The number of hydrogen-bond acceptors (Lipinski definition) is 10. The molecule has 1 aromatic carbocycles. The molecule has 1 aliphatic carbocycles. The van der Waals surface area contributed by atoms with Crippen LogP contribution in [0.2, 0.25) is 0 Å². The van der Waals surface area contributed by atoms with Crippen molar-refractivity contribution >= 4 is 49.2 Å². The molecular formula is C52H82N4O12P+. The maximum absolute atomic E-state index is 14.7.